The molecule has 0 amide bonds. The van der Waals surface area contributed by atoms with Crippen molar-refractivity contribution in [2.75, 3.05) is 0 Å². The van der Waals surface area contributed by atoms with E-state index in [1.807, 2.05) is 0 Å². The molecular weight excluding hydrogens is 333 g/mol. The lowest BCUT2D eigenvalue weighted by Gasteiger charge is -2.12. The average molecular weight is 337 g/mol. The lowest BCUT2D eigenvalue weighted by molar-refractivity contribution is -0.275. The van der Waals surface area contributed by atoms with Gasteiger partial charge in [-0.05, 0) is 22.6 Å². The predicted octanol–water partition coefficient (Wildman–Crippen LogP) is 3.32. The summed E-state index contributed by atoms with van der Waals surface area (Å²) in [5.41, 5.74) is 0.218. The van der Waals surface area contributed by atoms with E-state index in [0.29, 0.717) is 0 Å². The summed E-state index contributed by atoms with van der Waals surface area (Å²) in [4.78, 5) is 3.71. The van der Waals surface area contributed by atoms with E-state index in [1.54, 1.807) is 22.6 Å². The molecule has 78 valence electrons. The first-order valence-electron chi connectivity index (χ1n) is 3.38. The fourth-order valence-corrected chi connectivity index (χ4v) is 1.60. The summed E-state index contributed by atoms with van der Waals surface area (Å²) in [5, 5.41) is 0. The van der Waals surface area contributed by atoms with Crippen LogP contribution in [-0.4, -0.2) is 11.3 Å². The lowest BCUT2D eigenvalue weighted by Crippen LogP contribution is -2.18. The maximum Gasteiger partial charge on any atom is 0.573 e. The standard InChI is InChI=1S/C7H4ClF3INO/c8-1-4-2-13-3-5(12)6(4)14-7(9,10)11/h2-3H,1H2. The monoisotopic (exact) mass is 337 g/mol. The summed E-state index contributed by atoms with van der Waals surface area (Å²) in [7, 11) is 0. The van der Waals surface area contributed by atoms with Crippen molar-refractivity contribution in [3.8, 4) is 5.75 Å². The van der Waals surface area contributed by atoms with E-state index in [1.165, 1.54) is 12.4 Å². The normalized spacial score (nSPS) is 11.5. The Hall–Kier alpha value is -0.240. The van der Waals surface area contributed by atoms with Gasteiger partial charge < -0.3 is 4.74 Å². The van der Waals surface area contributed by atoms with E-state index in [4.69, 9.17) is 11.6 Å². The van der Waals surface area contributed by atoms with Gasteiger partial charge in [0.2, 0.25) is 0 Å². The van der Waals surface area contributed by atoms with Crippen LogP contribution in [0, 0.1) is 3.57 Å². The Morgan fingerprint density at radius 1 is 1.43 bits per heavy atom. The van der Waals surface area contributed by atoms with Crippen LogP contribution < -0.4 is 4.74 Å². The molecule has 0 atom stereocenters. The van der Waals surface area contributed by atoms with Crippen LogP contribution >= 0.6 is 34.2 Å². The second-order valence-corrected chi connectivity index (χ2v) is 3.72. The third-order valence-electron chi connectivity index (χ3n) is 1.29. The smallest absolute Gasteiger partial charge is 0.404 e. The molecule has 1 heterocycles. The van der Waals surface area contributed by atoms with Crippen molar-refractivity contribution in [1.29, 1.82) is 0 Å². The molecule has 0 aliphatic heterocycles. The number of aromatic nitrogens is 1. The highest BCUT2D eigenvalue weighted by atomic mass is 127. The summed E-state index contributed by atoms with van der Waals surface area (Å²) in [6.45, 7) is 0. The second-order valence-electron chi connectivity index (χ2n) is 2.29. The van der Waals surface area contributed by atoms with Crippen molar-refractivity contribution in [1.82, 2.24) is 4.98 Å². The van der Waals surface area contributed by atoms with Crippen LogP contribution in [0.25, 0.3) is 0 Å². The Labute approximate surface area is 96.6 Å². The van der Waals surface area contributed by atoms with Crippen LogP contribution in [-0.2, 0) is 5.88 Å². The Balaban J connectivity index is 3.05. The van der Waals surface area contributed by atoms with E-state index >= 15 is 0 Å². The minimum Gasteiger partial charge on any atom is -0.404 e. The van der Waals surface area contributed by atoms with Crippen LogP contribution in [0.3, 0.4) is 0 Å². The lowest BCUT2D eigenvalue weighted by atomic mass is 10.3. The van der Waals surface area contributed by atoms with Gasteiger partial charge in [0, 0.05) is 18.0 Å². The zero-order valence-electron chi connectivity index (χ0n) is 6.61. The van der Waals surface area contributed by atoms with Crippen molar-refractivity contribution in [2.45, 2.75) is 12.2 Å². The summed E-state index contributed by atoms with van der Waals surface area (Å²) in [5.74, 6) is -0.349. The fourth-order valence-electron chi connectivity index (χ4n) is 0.789. The zero-order chi connectivity index (χ0) is 10.8. The van der Waals surface area contributed by atoms with Crippen LogP contribution in [0.2, 0.25) is 0 Å². The van der Waals surface area contributed by atoms with E-state index in [-0.39, 0.29) is 20.8 Å². The van der Waals surface area contributed by atoms with Gasteiger partial charge in [-0.2, -0.15) is 0 Å². The number of hydrogen-bond donors (Lipinski definition) is 0. The van der Waals surface area contributed by atoms with E-state index in [2.05, 4.69) is 9.72 Å². The molecule has 0 fully saturated rings. The van der Waals surface area contributed by atoms with Crippen molar-refractivity contribution in [3.05, 3.63) is 21.5 Å². The first kappa shape index (κ1) is 11.8. The number of ether oxygens (including phenoxy) is 1. The SMILES string of the molecule is FC(F)(F)Oc1c(I)cncc1CCl. The molecule has 0 radical (unpaired) electrons. The molecule has 1 aromatic rings. The molecule has 0 saturated carbocycles. The molecule has 0 aromatic carbocycles. The molecule has 0 N–H and O–H groups in total. The van der Waals surface area contributed by atoms with Gasteiger partial charge in [0.1, 0.15) is 5.75 Å². The topological polar surface area (TPSA) is 22.1 Å². The maximum absolute atomic E-state index is 11.9. The quantitative estimate of drug-likeness (QED) is 0.610. The molecule has 2 nitrogen and oxygen atoms in total. The molecule has 0 bridgehead atoms. The number of alkyl halides is 4. The first-order chi connectivity index (χ1) is 6.44. The van der Waals surface area contributed by atoms with Crippen molar-refractivity contribution in [2.24, 2.45) is 0 Å². The Morgan fingerprint density at radius 3 is 2.57 bits per heavy atom. The number of halogens is 5. The van der Waals surface area contributed by atoms with Crippen molar-refractivity contribution in [3.63, 3.8) is 0 Å². The van der Waals surface area contributed by atoms with Crippen LogP contribution in [0.4, 0.5) is 13.2 Å². The summed E-state index contributed by atoms with van der Waals surface area (Å²) in [6, 6.07) is 0. The molecule has 14 heavy (non-hydrogen) atoms. The van der Waals surface area contributed by atoms with Crippen molar-refractivity contribution < 1.29 is 17.9 Å². The molecule has 1 rings (SSSR count). The highest BCUT2D eigenvalue weighted by Crippen LogP contribution is 2.31. The average Bonchev–Trinajstić information content (AvgIpc) is 2.06. The Kier molecular flexibility index (Phi) is 3.82. The zero-order valence-corrected chi connectivity index (χ0v) is 9.52. The number of hydrogen-bond acceptors (Lipinski definition) is 2. The predicted molar refractivity (Wildman–Crippen MR) is 53.2 cm³/mol. The fraction of sp³-hybridized carbons (Fsp3) is 0.286. The summed E-state index contributed by atoms with van der Waals surface area (Å²) >= 11 is 7.15. The van der Waals surface area contributed by atoms with Gasteiger partial charge in [-0.1, -0.05) is 0 Å². The maximum atomic E-state index is 11.9. The minimum absolute atomic E-state index is 0.0742. The Morgan fingerprint density at radius 2 is 2.07 bits per heavy atom. The van der Waals surface area contributed by atoms with Crippen LogP contribution in [0.15, 0.2) is 12.4 Å². The molecule has 0 aliphatic rings. The molecule has 1 aromatic heterocycles. The Bertz CT molecular complexity index is 331. The van der Waals surface area contributed by atoms with Gasteiger partial charge in [0.05, 0.1) is 9.45 Å². The van der Waals surface area contributed by atoms with Crippen molar-refractivity contribution >= 4 is 34.2 Å². The highest BCUT2D eigenvalue weighted by molar-refractivity contribution is 14.1. The molecule has 0 saturated heterocycles. The minimum atomic E-state index is -4.71. The highest BCUT2D eigenvalue weighted by Gasteiger charge is 2.33. The third kappa shape index (κ3) is 3.16. The summed E-state index contributed by atoms with van der Waals surface area (Å²) < 4.78 is 39.9. The van der Waals surface area contributed by atoms with Crippen LogP contribution in [0.5, 0.6) is 5.75 Å². The van der Waals surface area contributed by atoms with E-state index < -0.39 is 6.36 Å². The second kappa shape index (κ2) is 4.52. The van der Waals surface area contributed by atoms with Gasteiger partial charge in [-0.25, -0.2) is 0 Å². The van der Waals surface area contributed by atoms with Gasteiger partial charge >= 0.3 is 6.36 Å². The number of nitrogens with zero attached hydrogens (tertiary/aromatic N) is 1. The van der Waals surface area contributed by atoms with E-state index in [0.717, 1.165) is 0 Å². The summed E-state index contributed by atoms with van der Waals surface area (Å²) in [6.07, 6.45) is -2.18. The molecular formula is C7H4ClF3INO. The third-order valence-corrected chi connectivity index (χ3v) is 2.34. The molecule has 7 heteroatoms. The van der Waals surface area contributed by atoms with Crippen LogP contribution in [0.1, 0.15) is 5.56 Å². The largest absolute Gasteiger partial charge is 0.573 e. The molecule has 0 spiro atoms. The van der Waals surface area contributed by atoms with Gasteiger partial charge in [-0.3, -0.25) is 4.98 Å². The van der Waals surface area contributed by atoms with Gasteiger partial charge in [0.25, 0.3) is 0 Å². The van der Waals surface area contributed by atoms with Gasteiger partial charge in [-0.15, -0.1) is 24.8 Å². The number of pyridine rings is 1. The molecule has 0 aliphatic carbocycles. The van der Waals surface area contributed by atoms with E-state index in [9.17, 15) is 13.2 Å². The number of rotatable bonds is 2. The first-order valence-corrected chi connectivity index (χ1v) is 4.99. The molecule has 0 unspecified atom stereocenters. The van der Waals surface area contributed by atoms with Gasteiger partial charge in [0.15, 0.2) is 0 Å².